The van der Waals surface area contributed by atoms with Crippen LogP contribution in [0.25, 0.3) is 0 Å². The summed E-state index contributed by atoms with van der Waals surface area (Å²) < 4.78 is 17.2. The molecule has 0 radical (unpaired) electrons. The average Bonchev–Trinajstić information content (AvgIpc) is 3.11. The molecule has 4 N–H and O–H groups in total. The van der Waals surface area contributed by atoms with Crippen LogP contribution in [-0.2, 0) is 19.0 Å². The molecule has 0 aliphatic rings. The van der Waals surface area contributed by atoms with Gasteiger partial charge in [-0.3, -0.25) is 4.79 Å². The van der Waals surface area contributed by atoms with Gasteiger partial charge in [-0.2, -0.15) is 14.7 Å². The Hall–Kier alpha value is -0.700. The third-order valence-electron chi connectivity index (χ3n) is 9.30. The first-order valence-corrected chi connectivity index (χ1v) is 22.9. The van der Waals surface area contributed by atoms with Crippen LogP contribution in [0.15, 0.2) is 24.3 Å². The first-order chi connectivity index (χ1) is 24.9. The minimum Gasteiger partial charge on any atom is -0.388 e. The number of aliphatic hydroxyl groups is 1. The number of hydrogen-bond donors (Lipinski definition) is 4. The summed E-state index contributed by atoms with van der Waals surface area (Å²) in [5.41, 5.74) is 0. The maximum Gasteiger partial charge on any atom is 0.443 e. The van der Waals surface area contributed by atoms with Gasteiger partial charge in [-0.05, 0) is 64.2 Å². The molecule has 0 spiro atoms. The number of carbonyl (C=O) groups is 1. The van der Waals surface area contributed by atoms with Gasteiger partial charge in [0.1, 0.15) is 12.7 Å². The van der Waals surface area contributed by atoms with Crippen molar-refractivity contribution in [2.24, 2.45) is 0 Å². The maximum atomic E-state index is 11.9. The molecule has 0 amide bonds. The molecule has 0 aliphatic carbocycles. The van der Waals surface area contributed by atoms with Gasteiger partial charge in [-0.15, -0.1) is 0 Å². The van der Waals surface area contributed by atoms with Crippen LogP contribution in [0.4, 0.5) is 0 Å². The third kappa shape index (κ3) is 36.1. The average molecular weight is 746 g/mol. The fourth-order valence-electron chi connectivity index (χ4n) is 6.07. The Morgan fingerprint density at radius 1 is 0.510 bits per heavy atom. The van der Waals surface area contributed by atoms with E-state index in [9.17, 15) is 19.5 Å². The van der Waals surface area contributed by atoms with Crippen molar-refractivity contribution in [3.8, 4) is 0 Å². The zero-order valence-electron chi connectivity index (χ0n) is 33.2. The zero-order valence-corrected chi connectivity index (χ0v) is 34.1. The molecule has 0 heterocycles. The van der Waals surface area contributed by atoms with Crippen LogP contribution < -0.4 is 0 Å². The minimum absolute atomic E-state index is 0.153. The fourth-order valence-corrected chi connectivity index (χ4v) is 6.83. The lowest BCUT2D eigenvalue weighted by atomic mass is 10.1. The van der Waals surface area contributed by atoms with Crippen molar-refractivity contribution in [2.45, 2.75) is 206 Å². The van der Waals surface area contributed by atoms with E-state index in [0.717, 1.165) is 38.5 Å². The lowest BCUT2D eigenvalue weighted by Crippen LogP contribution is -2.35. The molecule has 0 rings (SSSR count). The first-order valence-electron chi connectivity index (χ1n) is 21.2. The quantitative estimate of drug-likeness (QED) is 0.0277. The molecule has 0 saturated heterocycles. The Labute approximate surface area is 314 Å². The summed E-state index contributed by atoms with van der Waals surface area (Å²) in [7, 11) is -4.62. The number of carbonyl (C=O) groups excluding carboxylic acids is 1. The summed E-state index contributed by atoms with van der Waals surface area (Å²) in [6.45, 7) is 4.74. The molecule has 2 atom stereocenters. The van der Waals surface area contributed by atoms with E-state index in [1.54, 1.807) is 0 Å². The molecule has 9 heteroatoms. The van der Waals surface area contributed by atoms with Crippen molar-refractivity contribution in [3.05, 3.63) is 24.3 Å². The number of aliphatic hydroxyl groups excluding tert-OH is 1. The summed E-state index contributed by atoms with van der Waals surface area (Å²) >= 11 is 0. The zero-order chi connectivity index (χ0) is 37.5. The van der Waals surface area contributed by atoms with Gasteiger partial charge < -0.3 is 19.3 Å². The molecule has 0 aromatic heterocycles. The molecule has 51 heavy (non-hydrogen) atoms. The highest BCUT2D eigenvalue weighted by molar-refractivity contribution is 7.60. The predicted octanol–water partition coefficient (Wildman–Crippen LogP) is 11.1. The Morgan fingerprint density at radius 3 is 1.27 bits per heavy atom. The number of rotatable bonds is 41. The summed E-state index contributed by atoms with van der Waals surface area (Å²) in [5.74, 6) is -2.86. The van der Waals surface area contributed by atoms with E-state index < -0.39 is 32.3 Å². The van der Waals surface area contributed by atoms with Crippen molar-refractivity contribution < 1.29 is 38.8 Å². The van der Waals surface area contributed by atoms with E-state index >= 15 is 0 Å². The van der Waals surface area contributed by atoms with Crippen LogP contribution in [0.3, 0.4) is 0 Å². The van der Waals surface area contributed by atoms with E-state index in [4.69, 9.17) is 19.3 Å². The Morgan fingerprint density at radius 2 is 0.882 bits per heavy atom. The Balaban J connectivity index is 4.13. The van der Waals surface area contributed by atoms with Gasteiger partial charge in [-0.1, -0.05) is 154 Å². The number of ether oxygens (including phenoxy) is 3. The molecule has 8 nitrogen and oxygen atoms in total. The van der Waals surface area contributed by atoms with Crippen LogP contribution in [-0.4, -0.2) is 70.6 Å². The normalized spacial score (nSPS) is 13.5. The topological polar surface area (TPSA) is 126 Å². The molecular formula is C42H82O8P+. The predicted molar refractivity (Wildman–Crippen MR) is 215 cm³/mol. The Kier molecular flexibility index (Phi) is 38.5. The highest BCUT2D eigenvalue weighted by atomic mass is 31.2. The number of allylic oxidation sites excluding steroid dienone is 4. The molecule has 0 aromatic rings. The number of ketones is 1. The highest BCUT2D eigenvalue weighted by Crippen LogP contribution is 2.51. The summed E-state index contributed by atoms with van der Waals surface area (Å²) in [4.78, 5) is 40.9. The van der Waals surface area contributed by atoms with Crippen LogP contribution in [0.2, 0.25) is 0 Å². The van der Waals surface area contributed by atoms with Gasteiger partial charge in [0.2, 0.25) is 5.78 Å². The molecule has 0 aromatic carbocycles. The van der Waals surface area contributed by atoms with E-state index in [-0.39, 0.29) is 13.2 Å². The van der Waals surface area contributed by atoms with Crippen LogP contribution in [0.5, 0.6) is 0 Å². The molecule has 0 fully saturated rings. The molecular weight excluding hydrogens is 663 g/mol. The van der Waals surface area contributed by atoms with Crippen molar-refractivity contribution in [3.63, 3.8) is 0 Å². The third-order valence-corrected chi connectivity index (χ3v) is 10.4. The molecule has 302 valence electrons. The first kappa shape index (κ1) is 50.3. The van der Waals surface area contributed by atoms with Gasteiger partial charge in [0.15, 0.2) is 0 Å². The lowest BCUT2D eigenvalue weighted by Gasteiger charge is -2.21. The van der Waals surface area contributed by atoms with Crippen molar-refractivity contribution >= 4 is 13.7 Å². The fraction of sp³-hybridized carbons (Fsp3) is 0.881. The van der Waals surface area contributed by atoms with Crippen LogP contribution >= 0.6 is 7.94 Å². The van der Waals surface area contributed by atoms with Crippen molar-refractivity contribution in [1.29, 1.82) is 0 Å². The van der Waals surface area contributed by atoms with Crippen molar-refractivity contribution in [1.82, 2.24) is 0 Å². The smallest absolute Gasteiger partial charge is 0.388 e. The van der Waals surface area contributed by atoms with E-state index in [2.05, 4.69) is 38.2 Å². The van der Waals surface area contributed by atoms with Crippen LogP contribution in [0.1, 0.15) is 194 Å². The summed E-state index contributed by atoms with van der Waals surface area (Å²) in [5, 5.41) is 9.16. The van der Waals surface area contributed by atoms with Gasteiger partial charge in [0, 0.05) is 13.2 Å². The van der Waals surface area contributed by atoms with E-state index in [1.807, 2.05) is 0 Å². The number of unbranched alkanes of at least 4 members (excludes halogenated alkanes) is 24. The SMILES string of the molecule is CCCCCCCCC=CCCCCCCCCOC[C@H](COC(C(=O)CO)[P+](O)(O)O)OCCCCCCCCC=CCCCCCCCC. The summed E-state index contributed by atoms with van der Waals surface area (Å²) in [6, 6.07) is 0. The lowest BCUT2D eigenvalue weighted by molar-refractivity contribution is -0.133. The van der Waals surface area contributed by atoms with Crippen LogP contribution in [0, 0.1) is 0 Å². The van der Waals surface area contributed by atoms with E-state index in [0.29, 0.717) is 13.2 Å². The van der Waals surface area contributed by atoms with Crippen molar-refractivity contribution in [2.75, 3.05) is 33.0 Å². The largest absolute Gasteiger partial charge is 0.443 e. The monoisotopic (exact) mass is 746 g/mol. The molecule has 0 saturated carbocycles. The summed E-state index contributed by atoms with van der Waals surface area (Å²) in [6.07, 6.45) is 43.6. The highest BCUT2D eigenvalue weighted by Gasteiger charge is 2.49. The number of hydrogen-bond acceptors (Lipinski definition) is 8. The van der Waals surface area contributed by atoms with Gasteiger partial charge in [-0.25, -0.2) is 0 Å². The van der Waals surface area contributed by atoms with E-state index in [1.165, 1.54) is 141 Å². The van der Waals surface area contributed by atoms with Gasteiger partial charge >= 0.3 is 13.8 Å². The standard InChI is InChI=1S/C42H82O8P/c1-3-5-7-9-11-13-15-17-19-21-23-25-27-29-31-33-35-48-38-40(39-50-42(41(44)37-43)51(45,46)47)49-36-34-32-30-28-26-24-22-20-18-16-14-12-10-8-6-4-2/h17-20,40,42-43,45-47H,3-16,21-39H2,1-2H3/q+1/t40-,42?/m1/s1. The molecule has 0 aliphatic heterocycles. The molecule has 0 bridgehead atoms. The van der Waals surface area contributed by atoms with Gasteiger partial charge in [0.25, 0.3) is 0 Å². The second kappa shape index (κ2) is 39.0. The minimum atomic E-state index is -4.62. The number of Topliss-reactive ketones (excluding diaryl/α,β-unsaturated/α-hetero) is 1. The Bertz CT molecular complexity index is 785. The second-order valence-electron chi connectivity index (χ2n) is 14.4. The maximum absolute atomic E-state index is 11.9. The van der Waals surface area contributed by atoms with Gasteiger partial charge in [0.05, 0.1) is 13.2 Å². The molecule has 1 unspecified atom stereocenters. The second-order valence-corrected chi connectivity index (χ2v) is 16.1.